The lowest BCUT2D eigenvalue weighted by Crippen LogP contribution is -2.15. The van der Waals surface area contributed by atoms with E-state index in [0.717, 1.165) is 16.6 Å². The number of benzene rings is 1. The van der Waals surface area contributed by atoms with Crippen LogP contribution < -0.4 is 5.32 Å². The summed E-state index contributed by atoms with van der Waals surface area (Å²) < 4.78 is 5.08. The van der Waals surface area contributed by atoms with Crippen LogP contribution in [0.4, 0.5) is 5.69 Å². The minimum absolute atomic E-state index is 0.0585. The summed E-state index contributed by atoms with van der Waals surface area (Å²) in [7, 11) is 1.71. The number of hydrogen-bond donors (Lipinski definition) is 1. The van der Waals surface area contributed by atoms with Crippen LogP contribution in [0.2, 0.25) is 0 Å². The number of ether oxygens (including phenoxy) is 1. The predicted octanol–water partition coefficient (Wildman–Crippen LogP) is 3.13. The van der Waals surface area contributed by atoms with Crippen LogP contribution in [0.15, 0.2) is 29.3 Å². The van der Waals surface area contributed by atoms with Crippen LogP contribution in [0, 0.1) is 0 Å². The fourth-order valence-corrected chi connectivity index (χ4v) is 2.68. The third-order valence-corrected chi connectivity index (χ3v) is 3.80. The van der Waals surface area contributed by atoms with Crippen molar-refractivity contribution in [3.8, 4) is 0 Å². The lowest BCUT2D eigenvalue weighted by atomic mass is 10.1. The molecule has 1 aromatic rings. The van der Waals surface area contributed by atoms with E-state index in [0.29, 0.717) is 6.61 Å². The van der Waals surface area contributed by atoms with Crippen molar-refractivity contribution in [2.75, 3.05) is 18.2 Å². The maximum Gasteiger partial charge on any atom is 0.161 e. The number of thioether (sulfide) groups is 1. The monoisotopic (exact) mass is 250 g/mol. The van der Waals surface area contributed by atoms with Gasteiger partial charge in [-0.3, -0.25) is 4.99 Å². The summed E-state index contributed by atoms with van der Waals surface area (Å²) in [6.45, 7) is 4.95. The van der Waals surface area contributed by atoms with Crippen molar-refractivity contribution < 1.29 is 4.74 Å². The summed E-state index contributed by atoms with van der Waals surface area (Å²) in [4.78, 5) is 4.62. The second-order valence-electron chi connectivity index (χ2n) is 4.77. The van der Waals surface area contributed by atoms with Crippen LogP contribution in [-0.2, 0) is 11.3 Å². The van der Waals surface area contributed by atoms with Crippen molar-refractivity contribution in [2.45, 2.75) is 26.0 Å². The van der Waals surface area contributed by atoms with E-state index in [9.17, 15) is 0 Å². The molecular formula is C13H18N2OS. The lowest BCUT2D eigenvalue weighted by molar-refractivity contribution is 0.185. The van der Waals surface area contributed by atoms with Crippen molar-refractivity contribution in [3.63, 3.8) is 0 Å². The average Bonchev–Trinajstić information content (AvgIpc) is 2.61. The van der Waals surface area contributed by atoms with E-state index in [2.05, 4.69) is 48.4 Å². The molecule has 0 radical (unpaired) electrons. The molecule has 0 saturated carbocycles. The minimum atomic E-state index is 0.0585. The van der Waals surface area contributed by atoms with E-state index >= 15 is 0 Å². The molecule has 0 fully saturated rings. The number of aliphatic imine (C=N–C) groups is 1. The van der Waals surface area contributed by atoms with Gasteiger partial charge in [0, 0.05) is 18.6 Å². The predicted molar refractivity (Wildman–Crippen MR) is 74.7 cm³/mol. The molecule has 4 heteroatoms. The zero-order chi connectivity index (χ0) is 12.3. The molecule has 92 valence electrons. The van der Waals surface area contributed by atoms with Gasteiger partial charge in [0.05, 0.1) is 12.1 Å². The Morgan fingerprint density at radius 1 is 1.35 bits per heavy atom. The number of amidine groups is 1. The van der Waals surface area contributed by atoms with Crippen LogP contribution in [-0.4, -0.2) is 23.6 Å². The number of nitrogens with zero attached hydrogens (tertiary/aromatic N) is 1. The van der Waals surface area contributed by atoms with Crippen LogP contribution >= 0.6 is 11.8 Å². The van der Waals surface area contributed by atoms with E-state index in [1.807, 2.05) is 0 Å². The summed E-state index contributed by atoms with van der Waals surface area (Å²) in [6, 6.07) is 8.25. The number of rotatable bonds is 3. The summed E-state index contributed by atoms with van der Waals surface area (Å²) >= 11 is 1.77. The highest BCUT2D eigenvalue weighted by Crippen LogP contribution is 2.27. The van der Waals surface area contributed by atoms with Crippen LogP contribution in [0.1, 0.15) is 19.4 Å². The van der Waals surface area contributed by atoms with Gasteiger partial charge < -0.3 is 10.1 Å². The number of anilines is 1. The number of nitrogens with one attached hydrogen (secondary N) is 1. The van der Waals surface area contributed by atoms with Crippen LogP contribution in [0.25, 0.3) is 0 Å². The Hall–Kier alpha value is -1.00. The maximum atomic E-state index is 5.08. The van der Waals surface area contributed by atoms with Gasteiger partial charge in [-0.05, 0) is 31.5 Å². The fraction of sp³-hybridized carbons (Fsp3) is 0.462. The topological polar surface area (TPSA) is 33.6 Å². The molecule has 17 heavy (non-hydrogen) atoms. The SMILES string of the molecule is COCc1ccc(NC2=NC(C)(C)CS2)cc1. The molecule has 0 amide bonds. The molecular weight excluding hydrogens is 232 g/mol. The summed E-state index contributed by atoms with van der Waals surface area (Å²) in [5, 5.41) is 4.35. The number of hydrogen-bond acceptors (Lipinski definition) is 4. The second-order valence-corrected chi connectivity index (χ2v) is 5.74. The lowest BCUT2D eigenvalue weighted by Gasteiger charge is -2.09. The zero-order valence-electron chi connectivity index (χ0n) is 10.5. The van der Waals surface area contributed by atoms with E-state index in [-0.39, 0.29) is 5.54 Å². The Bertz CT molecular complexity index is 412. The van der Waals surface area contributed by atoms with Gasteiger partial charge in [-0.25, -0.2) is 0 Å². The largest absolute Gasteiger partial charge is 0.380 e. The highest BCUT2D eigenvalue weighted by atomic mass is 32.2. The summed E-state index contributed by atoms with van der Waals surface area (Å²) in [5.41, 5.74) is 2.32. The molecule has 0 saturated heterocycles. The molecule has 0 aliphatic carbocycles. The smallest absolute Gasteiger partial charge is 0.161 e. The Morgan fingerprint density at radius 2 is 2.06 bits per heavy atom. The van der Waals surface area contributed by atoms with Gasteiger partial charge >= 0.3 is 0 Å². The van der Waals surface area contributed by atoms with Gasteiger partial charge in [0.1, 0.15) is 0 Å². The van der Waals surface area contributed by atoms with Crippen LogP contribution in [0.3, 0.4) is 0 Å². The molecule has 0 bridgehead atoms. The van der Waals surface area contributed by atoms with Gasteiger partial charge in [-0.1, -0.05) is 23.9 Å². The highest BCUT2D eigenvalue weighted by molar-refractivity contribution is 8.14. The van der Waals surface area contributed by atoms with Crippen molar-refractivity contribution in [3.05, 3.63) is 29.8 Å². The Morgan fingerprint density at radius 3 is 2.59 bits per heavy atom. The molecule has 0 spiro atoms. The minimum Gasteiger partial charge on any atom is -0.380 e. The average molecular weight is 250 g/mol. The second kappa shape index (κ2) is 5.10. The molecule has 0 atom stereocenters. The first-order chi connectivity index (χ1) is 8.09. The van der Waals surface area contributed by atoms with Crippen molar-refractivity contribution in [1.82, 2.24) is 0 Å². The first-order valence-electron chi connectivity index (χ1n) is 5.67. The quantitative estimate of drug-likeness (QED) is 0.895. The highest BCUT2D eigenvalue weighted by Gasteiger charge is 2.25. The number of methoxy groups -OCH3 is 1. The molecule has 1 aliphatic rings. The molecule has 3 nitrogen and oxygen atoms in total. The van der Waals surface area contributed by atoms with Gasteiger partial charge in [0.15, 0.2) is 5.17 Å². The van der Waals surface area contributed by atoms with Crippen LogP contribution in [0.5, 0.6) is 0 Å². The standard InChI is InChI=1S/C13H18N2OS/c1-13(2)9-17-12(15-13)14-11-6-4-10(5-7-11)8-16-3/h4-7H,8-9H2,1-3H3,(H,14,15). The van der Waals surface area contributed by atoms with E-state index in [1.165, 1.54) is 5.56 Å². The Kier molecular flexibility index (Phi) is 3.74. The van der Waals surface area contributed by atoms with E-state index in [4.69, 9.17) is 4.74 Å². The first-order valence-corrected chi connectivity index (χ1v) is 6.65. The molecule has 1 N–H and O–H groups in total. The maximum absolute atomic E-state index is 5.08. The Balaban J connectivity index is 2.00. The van der Waals surface area contributed by atoms with E-state index in [1.54, 1.807) is 18.9 Å². The van der Waals surface area contributed by atoms with Gasteiger partial charge in [-0.2, -0.15) is 0 Å². The van der Waals surface area contributed by atoms with Crippen molar-refractivity contribution in [1.29, 1.82) is 0 Å². The summed E-state index contributed by atoms with van der Waals surface area (Å²) in [5.74, 6) is 1.04. The molecule has 2 rings (SSSR count). The normalized spacial score (nSPS) is 17.9. The van der Waals surface area contributed by atoms with E-state index < -0.39 is 0 Å². The molecule has 1 heterocycles. The first kappa shape index (κ1) is 12.5. The fourth-order valence-electron chi connectivity index (χ4n) is 1.62. The molecule has 0 unspecified atom stereocenters. The third kappa shape index (κ3) is 3.48. The van der Waals surface area contributed by atoms with Gasteiger partial charge in [0.25, 0.3) is 0 Å². The molecule has 1 aliphatic heterocycles. The zero-order valence-corrected chi connectivity index (χ0v) is 11.3. The molecule has 1 aromatic carbocycles. The van der Waals surface area contributed by atoms with Crippen molar-refractivity contribution in [2.24, 2.45) is 4.99 Å². The van der Waals surface area contributed by atoms with Crippen molar-refractivity contribution >= 4 is 22.6 Å². The summed E-state index contributed by atoms with van der Waals surface area (Å²) in [6.07, 6.45) is 0. The molecule has 0 aromatic heterocycles. The Labute approximate surface area is 107 Å². The van der Waals surface area contributed by atoms with Gasteiger partial charge in [-0.15, -0.1) is 0 Å². The van der Waals surface area contributed by atoms with Gasteiger partial charge in [0.2, 0.25) is 0 Å². The third-order valence-electron chi connectivity index (χ3n) is 2.48.